The quantitative estimate of drug-likeness (QED) is 0.479. The SMILES string of the molecule is COCc1ccc(C(=O)NCc2ccc(Oc3cccc(C(C)C(C)C)c3)cc2)c(N)n1. The van der Waals surface area contributed by atoms with Gasteiger partial charge in [0.15, 0.2) is 0 Å². The molecule has 0 aliphatic carbocycles. The Morgan fingerprint density at radius 2 is 1.78 bits per heavy atom. The van der Waals surface area contributed by atoms with Gasteiger partial charge in [0.05, 0.1) is 17.9 Å². The number of hydrogen-bond acceptors (Lipinski definition) is 5. The first-order valence-corrected chi connectivity index (χ1v) is 10.8. The van der Waals surface area contributed by atoms with Gasteiger partial charge < -0.3 is 20.5 Å². The Balaban J connectivity index is 1.58. The molecule has 1 heterocycles. The minimum atomic E-state index is -0.268. The van der Waals surface area contributed by atoms with E-state index in [1.165, 1.54) is 5.56 Å². The molecule has 3 aromatic rings. The van der Waals surface area contributed by atoms with Crippen molar-refractivity contribution in [3.05, 3.63) is 83.0 Å². The van der Waals surface area contributed by atoms with Crippen LogP contribution in [0.4, 0.5) is 5.82 Å². The third-order valence-electron chi connectivity index (χ3n) is 5.52. The summed E-state index contributed by atoms with van der Waals surface area (Å²) in [5.74, 6) is 2.51. The van der Waals surface area contributed by atoms with Crippen molar-refractivity contribution in [1.82, 2.24) is 10.3 Å². The van der Waals surface area contributed by atoms with Gasteiger partial charge >= 0.3 is 0 Å². The first-order valence-electron chi connectivity index (χ1n) is 10.8. The summed E-state index contributed by atoms with van der Waals surface area (Å²) in [6.45, 7) is 7.39. The smallest absolute Gasteiger partial charge is 0.255 e. The lowest BCUT2D eigenvalue weighted by Gasteiger charge is -2.17. The monoisotopic (exact) mass is 433 g/mol. The molecule has 0 bridgehead atoms. The Morgan fingerprint density at radius 3 is 2.44 bits per heavy atom. The number of carbonyl (C=O) groups is 1. The van der Waals surface area contributed by atoms with Crippen LogP contribution in [0.2, 0.25) is 0 Å². The zero-order valence-corrected chi connectivity index (χ0v) is 19.1. The lowest BCUT2D eigenvalue weighted by molar-refractivity contribution is 0.0951. The Labute approximate surface area is 189 Å². The topological polar surface area (TPSA) is 86.5 Å². The highest BCUT2D eigenvalue weighted by molar-refractivity contribution is 5.98. The molecule has 32 heavy (non-hydrogen) atoms. The molecule has 1 unspecified atom stereocenters. The number of nitrogens with two attached hydrogens (primary N) is 1. The Morgan fingerprint density at radius 1 is 1.03 bits per heavy atom. The fraction of sp³-hybridized carbons (Fsp3) is 0.308. The van der Waals surface area contributed by atoms with Gasteiger partial charge in [0.2, 0.25) is 0 Å². The van der Waals surface area contributed by atoms with Gasteiger partial charge in [0, 0.05) is 13.7 Å². The molecule has 6 nitrogen and oxygen atoms in total. The van der Waals surface area contributed by atoms with Crippen molar-refractivity contribution in [2.24, 2.45) is 5.92 Å². The van der Waals surface area contributed by atoms with Crippen LogP contribution in [0.3, 0.4) is 0 Å². The minimum absolute atomic E-state index is 0.190. The highest BCUT2D eigenvalue weighted by Crippen LogP contribution is 2.29. The second kappa shape index (κ2) is 10.8. The molecular formula is C26H31N3O3. The first-order chi connectivity index (χ1) is 15.4. The van der Waals surface area contributed by atoms with Crippen molar-refractivity contribution < 1.29 is 14.3 Å². The predicted octanol–water partition coefficient (Wildman–Crippen LogP) is 5.29. The zero-order valence-electron chi connectivity index (χ0n) is 19.1. The number of amides is 1. The summed E-state index contributed by atoms with van der Waals surface area (Å²) >= 11 is 0. The third kappa shape index (κ3) is 6.08. The summed E-state index contributed by atoms with van der Waals surface area (Å²) < 4.78 is 11.1. The molecule has 2 aromatic carbocycles. The number of nitrogen functional groups attached to an aromatic ring is 1. The fourth-order valence-electron chi connectivity index (χ4n) is 3.27. The van der Waals surface area contributed by atoms with Gasteiger partial charge in [0.25, 0.3) is 5.91 Å². The number of pyridine rings is 1. The largest absolute Gasteiger partial charge is 0.457 e. The number of anilines is 1. The van der Waals surface area contributed by atoms with Gasteiger partial charge in [-0.2, -0.15) is 0 Å². The molecule has 0 spiro atoms. The van der Waals surface area contributed by atoms with E-state index in [-0.39, 0.29) is 11.7 Å². The molecule has 168 valence electrons. The van der Waals surface area contributed by atoms with E-state index in [0.717, 1.165) is 17.1 Å². The second-order valence-corrected chi connectivity index (χ2v) is 8.20. The van der Waals surface area contributed by atoms with Crippen LogP contribution in [-0.4, -0.2) is 18.0 Å². The van der Waals surface area contributed by atoms with E-state index in [2.05, 4.69) is 43.2 Å². The molecule has 0 fully saturated rings. The summed E-state index contributed by atoms with van der Waals surface area (Å²) in [6, 6.07) is 19.3. The molecule has 3 N–H and O–H groups in total. The maximum Gasteiger partial charge on any atom is 0.255 e. The average molecular weight is 434 g/mol. The van der Waals surface area contributed by atoms with Crippen LogP contribution in [0.1, 0.15) is 53.9 Å². The molecule has 3 rings (SSSR count). The number of benzene rings is 2. The molecule has 0 radical (unpaired) electrons. The molecule has 0 saturated carbocycles. The third-order valence-corrected chi connectivity index (χ3v) is 5.52. The summed E-state index contributed by atoms with van der Waals surface area (Å²) in [7, 11) is 1.58. The molecule has 6 heteroatoms. The van der Waals surface area contributed by atoms with Crippen molar-refractivity contribution in [2.75, 3.05) is 12.8 Å². The maximum atomic E-state index is 12.5. The Bertz CT molecular complexity index is 1050. The maximum absolute atomic E-state index is 12.5. The van der Waals surface area contributed by atoms with Crippen LogP contribution < -0.4 is 15.8 Å². The lowest BCUT2D eigenvalue weighted by atomic mass is 9.90. The number of nitrogens with one attached hydrogen (secondary N) is 1. The Kier molecular flexibility index (Phi) is 7.84. The molecule has 0 saturated heterocycles. The summed E-state index contributed by atoms with van der Waals surface area (Å²) in [6.07, 6.45) is 0. The van der Waals surface area contributed by atoms with E-state index in [9.17, 15) is 4.79 Å². The molecule has 1 atom stereocenters. The number of rotatable bonds is 9. The molecular weight excluding hydrogens is 402 g/mol. The van der Waals surface area contributed by atoms with Crippen LogP contribution in [-0.2, 0) is 17.9 Å². The van der Waals surface area contributed by atoms with E-state index < -0.39 is 0 Å². The van der Waals surface area contributed by atoms with Crippen LogP contribution >= 0.6 is 0 Å². The number of aromatic nitrogens is 1. The van der Waals surface area contributed by atoms with Crippen molar-refractivity contribution in [3.63, 3.8) is 0 Å². The van der Waals surface area contributed by atoms with Gasteiger partial charge in [-0.1, -0.05) is 45.0 Å². The number of hydrogen-bond donors (Lipinski definition) is 2. The van der Waals surface area contributed by atoms with E-state index in [0.29, 0.717) is 36.2 Å². The first kappa shape index (κ1) is 23.3. The van der Waals surface area contributed by atoms with Gasteiger partial charge in [-0.25, -0.2) is 4.98 Å². The van der Waals surface area contributed by atoms with E-state index in [1.54, 1.807) is 19.2 Å². The molecule has 1 aromatic heterocycles. The predicted molar refractivity (Wildman–Crippen MR) is 127 cm³/mol. The van der Waals surface area contributed by atoms with Crippen molar-refractivity contribution in [1.29, 1.82) is 0 Å². The average Bonchev–Trinajstić information content (AvgIpc) is 2.78. The molecule has 1 amide bonds. The highest BCUT2D eigenvalue weighted by Gasteiger charge is 2.12. The fourth-order valence-corrected chi connectivity index (χ4v) is 3.27. The van der Waals surface area contributed by atoms with Gasteiger partial charge in [-0.05, 0) is 59.4 Å². The summed E-state index contributed by atoms with van der Waals surface area (Å²) in [4.78, 5) is 16.7. The zero-order chi connectivity index (χ0) is 23.1. The standard InChI is InChI=1S/C26H31N3O3/c1-17(2)18(3)20-6-5-7-23(14-20)32-22-11-8-19(9-12-22)15-28-26(30)24-13-10-21(16-31-4)29-25(24)27/h5-14,17-18H,15-16H2,1-4H3,(H2,27,29)(H,28,30). The van der Waals surface area contributed by atoms with Crippen molar-refractivity contribution in [2.45, 2.75) is 39.8 Å². The minimum Gasteiger partial charge on any atom is -0.457 e. The number of ether oxygens (including phenoxy) is 2. The lowest BCUT2D eigenvalue weighted by Crippen LogP contribution is -2.24. The van der Waals surface area contributed by atoms with Gasteiger partial charge in [-0.15, -0.1) is 0 Å². The van der Waals surface area contributed by atoms with Crippen LogP contribution in [0.5, 0.6) is 11.5 Å². The number of methoxy groups -OCH3 is 1. The van der Waals surface area contributed by atoms with Crippen molar-refractivity contribution in [3.8, 4) is 11.5 Å². The van der Waals surface area contributed by atoms with Crippen LogP contribution in [0.25, 0.3) is 0 Å². The van der Waals surface area contributed by atoms with E-state index >= 15 is 0 Å². The van der Waals surface area contributed by atoms with Crippen LogP contribution in [0, 0.1) is 5.92 Å². The molecule has 0 aliphatic rings. The molecule has 0 aliphatic heterocycles. The summed E-state index contributed by atoms with van der Waals surface area (Å²) in [5.41, 5.74) is 9.16. The highest BCUT2D eigenvalue weighted by atomic mass is 16.5. The van der Waals surface area contributed by atoms with E-state index in [4.69, 9.17) is 15.2 Å². The summed E-state index contributed by atoms with van der Waals surface area (Å²) in [5, 5.41) is 2.88. The van der Waals surface area contributed by atoms with Crippen molar-refractivity contribution >= 4 is 11.7 Å². The van der Waals surface area contributed by atoms with E-state index in [1.807, 2.05) is 36.4 Å². The number of nitrogens with zero attached hydrogens (tertiary/aromatic N) is 1. The normalized spacial score (nSPS) is 11.9. The van der Waals surface area contributed by atoms with Crippen LogP contribution in [0.15, 0.2) is 60.7 Å². The van der Waals surface area contributed by atoms with Gasteiger partial charge in [-0.3, -0.25) is 4.79 Å². The second-order valence-electron chi connectivity index (χ2n) is 8.20. The number of carbonyl (C=O) groups excluding carboxylic acids is 1. The Hall–Kier alpha value is -3.38. The van der Waals surface area contributed by atoms with Gasteiger partial charge in [0.1, 0.15) is 17.3 Å².